The minimum absolute atomic E-state index is 0.608. The Morgan fingerprint density at radius 3 is 1.39 bits per heavy atom. The molecule has 0 amide bonds. The average Bonchev–Trinajstić information content (AvgIpc) is 3.55. The van der Waals surface area contributed by atoms with Gasteiger partial charge in [0.2, 0.25) is 11.4 Å². The number of pyridine rings is 2. The maximum atomic E-state index is 5.97. The third-order valence-corrected chi connectivity index (χ3v) is 7.27. The van der Waals surface area contributed by atoms with E-state index in [-0.39, 0.29) is 0 Å². The van der Waals surface area contributed by atoms with Gasteiger partial charge in [0.15, 0.2) is 25.5 Å². The van der Waals surface area contributed by atoms with Crippen LogP contribution in [0.4, 0.5) is 0 Å². The topological polar surface area (TPSA) is 44.7 Å². The molecule has 0 N–H and O–H groups in total. The molecule has 0 aliphatic carbocycles. The molecule has 0 unspecified atom stereocenters. The average molecular weight is 485 g/mol. The smallest absolute Gasteiger partial charge is 0.253 e. The highest BCUT2D eigenvalue weighted by Crippen LogP contribution is 2.30. The van der Waals surface area contributed by atoms with E-state index in [0.717, 1.165) is 24.5 Å². The first-order chi connectivity index (χ1) is 17.6. The van der Waals surface area contributed by atoms with Crippen LogP contribution in [0.25, 0.3) is 10.8 Å². The second-order valence-electron chi connectivity index (χ2n) is 9.64. The summed E-state index contributed by atoms with van der Waals surface area (Å²) in [4.78, 5) is 0. The lowest BCUT2D eigenvalue weighted by Gasteiger charge is -2.20. The summed E-state index contributed by atoms with van der Waals surface area (Å²) in [5, 5.41) is 2.49. The van der Waals surface area contributed by atoms with E-state index in [1.165, 1.54) is 21.9 Å². The van der Waals surface area contributed by atoms with Gasteiger partial charge in [0.25, 0.3) is 11.6 Å². The highest BCUT2D eigenvalue weighted by molar-refractivity contribution is 5.88. The normalized spacial score (nSPS) is 18.6. The zero-order chi connectivity index (χ0) is 24.6. The summed E-state index contributed by atoms with van der Waals surface area (Å²) in [6, 6.07) is 25.5. The summed E-state index contributed by atoms with van der Waals surface area (Å²) >= 11 is 0. The van der Waals surface area contributed by atoms with Crippen LogP contribution < -0.4 is 9.13 Å². The number of benzene rings is 2. The predicted octanol–water partition coefficient (Wildman–Crippen LogP) is 3.95. The lowest BCUT2D eigenvalue weighted by atomic mass is 9.99. The van der Waals surface area contributed by atoms with Crippen LogP contribution in [0.2, 0.25) is 0 Å². The highest BCUT2D eigenvalue weighted by atomic mass is 16.7. The van der Waals surface area contributed by atoms with E-state index < -0.39 is 11.6 Å². The number of hydrogen-bond donors (Lipinski definition) is 0. The standard InChI is InChI=1S/C30H32N2O4/c1-29(33-17-18-34-29)27-13-3-5-15-31(27)21-23-9-7-12-26-24(10-8-11-25(23)26)22-32-16-6-4-14-28(32)30(2)35-19-20-36-30/h3-16H,17-22H2,1-2H3/q+2. The van der Waals surface area contributed by atoms with Gasteiger partial charge in [-0.25, -0.2) is 0 Å². The Morgan fingerprint density at radius 1 is 0.556 bits per heavy atom. The Bertz CT molecular complexity index is 1280. The number of fused-ring (bicyclic) bond motifs is 1. The van der Waals surface area contributed by atoms with E-state index in [4.69, 9.17) is 18.9 Å². The quantitative estimate of drug-likeness (QED) is 0.389. The minimum atomic E-state index is -0.724. The SMILES string of the molecule is CC1(c2cccc[n+]2Cc2cccc3c(C[n+]4ccccc4C4(C)OCCO4)cccc23)OCCO1. The van der Waals surface area contributed by atoms with Gasteiger partial charge in [-0.3, -0.25) is 0 Å². The summed E-state index contributed by atoms with van der Waals surface area (Å²) in [7, 11) is 0. The molecule has 0 spiro atoms. The Morgan fingerprint density at radius 2 is 0.972 bits per heavy atom. The zero-order valence-corrected chi connectivity index (χ0v) is 20.9. The lowest BCUT2D eigenvalue weighted by molar-refractivity contribution is -0.706. The molecule has 4 heterocycles. The zero-order valence-electron chi connectivity index (χ0n) is 20.9. The number of hydrogen-bond acceptors (Lipinski definition) is 4. The van der Waals surface area contributed by atoms with Gasteiger partial charge in [-0.1, -0.05) is 36.4 Å². The molecule has 6 nitrogen and oxygen atoms in total. The van der Waals surface area contributed by atoms with E-state index >= 15 is 0 Å². The van der Waals surface area contributed by atoms with Crippen molar-refractivity contribution in [2.45, 2.75) is 38.5 Å². The molecular formula is C30H32N2O4+2. The molecule has 0 saturated carbocycles. The van der Waals surface area contributed by atoms with Crippen molar-refractivity contribution in [2.75, 3.05) is 26.4 Å². The molecule has 2 aromatic carbocycles. The largest absolute Gasteiger partial charge is 0.339 e. The van der Waals surface area contributed by atoms with Crippen LogP contribution in [0.3, 0.4) is 0 Å². The van der Waals surface area contributed by atoms with Crippen LogP contribution in [0.5, 0.6) is 0 Å². The van der Waals surface area contributed by atoms with Crippen molar-refractivity contribution in [3.63, 3.8) is 0 Å². The number of nitrogens with zero attached hydrogens (tertiary/aromatic N) is 2. The highest BCUT2D eigenvalue weighted by Gasteiger charge is 2.42. The molecule has 6 rings (SSSR count). The van der Waals surface area contributed by atoms with Crippen molar-refractivity contribution in [2.24, 2.45) is 0 Å². The Kier molecular flexibility index (Phi) is 6.05. The minimum Gasteiger partial charge on any atom is -0.339 e. The van der Waals surface area contributed by atoms with E-state index in [2.05, 4.69) is 82.2 Å². The third-order valence-electron chi connectivity index (χ3n) is 7.27. The molecule has 0 radical (unpaired) electrons. The van der Waals surface area contributed by atoms with Gasteiger partial charge in [0.1, 0.15) is 0 Å². The molecule has 2 saturated heterocycles. The van der Waals surface area contributed by atoms with E-state index in [0.29, 0.717) is 26.4 Å². The maximum Gasteiger partial charge on any atom is 0.253 e. The van der Waals surface area contributed by atoms with Crippen molar-refractivity contribution >= 4 is 10.8 Å². The van der Waals surface area contributed by atoms with Gasteiger partial charge in [0, 0.05) is 49.2 Å². The van der Waals surface area contributed by atoms with Crippen LogP contribution in [0.15, 0.2) is 85.2 Å². The first kappa shape index (κ1) is 23.3. The Balaban J connectivity index is 1.37. The van der Waals surface area contributed by atoms with Crippen molar-refractivity contribution in [3.8, 4) is 0 Å². The van der Waals surface area contributed by atoms with E-state index in [1.54, 1.807) is 0 Å². The molecule has 2 aromatic heterocycles. The molecule has 2 aliphatic rings. The molecule has 4 aromatic rings. The van der Waals surface area contributed by atoms with Gasteiger partial charge < -0.3 is 18.9 Å². The maximum absolute atomic E-state index is 5.97. The fraction of sp³-hybridized carbons (Fsp3) is 0.333. The van der Waals surface area contributed by atoms with E-state index in [1.807, 2.05) is 26.0 Å². The molecule has 184 valence electrons. The number of rotatable bonds is 6. The summed E-state index contributed by atoms with van der Waals surface area (Å²) in [5.41, 5.74) is 4.54. The Labute approximate surface area is 211 Å². The second kappa shape index (κ2) is 9.37. The monoisotopic (exact) mass is 484 g/mol. The first-order valence-corrected chi connectivity index (χ1v) is 12.6. The first-order valence-electron chi connectivity index (χ1n) is 12.6. The van der Waals surface area contributed by atoms with Crippen molar-refractivity contribution < 1.29 is 28.1 Å². The fourth-order valence-electron chi connectivity index (χ4n) is 5.46. The number of aromatic nitrogens is 2. The molecule has 2 aliphatic heterocycles. The van der Waals surface area contributed by atoms with Crippen LogP contribution in [-0.2, 0) is 43.6 Å². The van der Waals surface area contributed by atoms with Gasteiger partial charge in [-0.2, -0.15) is 9.13 Å². The molecule has 0 atom stereocenters. The summed E-state index contributed by atoms with van der Waals surface area (Å²) in [5.74, 6) is -1.45. The van der Waals surface area contributed by atoms with Gasteiger partial charge in [-0.15, -0.1) is 0 Å². The summed E-state index contributed by atoms with van der Waals surface area (Å²) in [6.45, 7) is 7.88. The van der Waals surface area contributed by atoms with Crippen LogP contribution >= 0.6 is 0 Å². The Hall–Kier alpha value is -3.16. The van der Waals surface area contributed by atoms with Gasteiger partial charge >= 0.3 is 0 Å². The predicted molar refractivity (Wildman–Crippen MR) is 134 cm³/mol. The summed E-state index contributed by atoms with van der Waals surface area (Å²) in [6.07, 6.45) is 4.20. The molecule has 0 bridgehead atoms. The summed E-state index contributed by atoms with van der Waals surface area (Å²) < 4.78 is 28.3. The molecule has 6 heteroatoms. The molecular weight excluding hydrogens is 452 g/mol. The van der Waals surface area contributed by atoms with Gasteiger partial charge in [0.05, 0.1) is 26.4 Å². The molecule has 36 heavy (non-hydrogen) atoms. The van der Waals surface area contributed by atoms with Crippen LogP contribution in [-0.4, -0.2) is 26.4 Å². The van der Waals surface area contributed by atoms with Gasteiger partial charge in [-0.05, 0) is 22.9 Å². The molecule has 2 fully saturated rings. The van der Waals surface area contributed by atoms with Crippen molar-refractivity contribution in [1.29, 1.82) is 0 Å². The number of ether oxygens (including phenoxy) is 4. The van der Waals surface area contributed by atoms with E-state index in [9.17, 15) is 0 Å². The van der Waals surface area contributed by atoms with Crippen LogP contribution in [0.1, 0.15) is 36.4 Å². The van der Waals surface area contributed by atoms with Crippen molar-refractivity contribution in [1.82, 2.24) is 0 Å². The second-order valence-corrected chi connectivity index (χ2v) is 9.64. The third kappa shape index (κ3) is 4.20. The lowest BCUT2D eigenvalue weighted by Crippen LogP contribution is -2.46. The van der Waals surface area contributed by atoms with Crippen LogP contribution in [0, 0.1) is 0 Å². The van der Waals surface area contributed by atoms with Crippen molar-refractivity contribution in [3.05, 3.63) is 108 Å². The fourth-order valence-corrected chi connectivity index (χ4v) is 5.46.